The Balaban J connectivity index is 2.89. The van der Waals surface area contributed by atoms with Gasteiger partial charge in [0.25, 0.3) is 11.8 Å². The van der Waals surface area contributed by atoms with Crippen LogP contribution in [0, 0.1) is 5.92 Å². The molecule has 0 aromatic heterocycles. The molecule has 82 valence electrons. The molecule has 1 atom stereocenters. The highest BCUT2D eigenvalue weighted by Gasteiger charge is 2.35. The van der Waals surface area contributed by atoms with Crippen molar-refractivity contribution in [3.63, 3.8) is 0 Å². The van der Waals surface area contributed by atoms with E-state index in [2.05, 4.69) is 0 Å². The molecule has 0 radical (unpaired) electrons. The lowest BCUT2D eigenvalue weighted by Gasteiger charge is -2.24. The molecular formula is C10H14N2O3. The minimum absolute atomic E-state index is 0.0316. The van der Waals surface area contributed by atoms with E-state index in [-0.39, 0.29) is 18.2 Å². The van der Waals surface area contributed by atoms with E-state index >= 15 is 0 Å². The number of imide groups is 1. The Kier molecular flexibility index (Phi) is 3.36. The van der Waals surface area contributed by atoms with Gasteiger partial charge in [-0.25, -0.2) is 0 Å². The molecule has 0 bridgehead atoms. The average Bonchev–Trinajstić information content (AvgIpc) is 2.50. The van der Waals surface area contributed by atoms with Crippen LogP contribution in [0.5, 0.6) is 0 Å². The van der Waals surface area contributed by atoms with Gasteiger partial charge in [-0.05, 0) is 0 Å². The van der Waals surface area contributed by atoms with Gasteiger partial charge in [-0.15, -0.1) is 0 Å². The van der Waals surface area contributed by atoms with Crippen molar-refractivity contribution < 1.29 is 14.4 Å². The minimum atomic E-state index is -0.833. The summed E-state index contributed by atoms with van der Waals surface area (Å²) >= 11 is 0. The maximum Gasteiger partial charge on any atom is 0.254 e. The second kappa shape index (κ2) is 4.35. The Bertz CT molecular complexity index is 316. The van der Waals surface area contributed by atoms with Crippen LogP contribution in [0.15, 0.2) is 12.2 Å². The maximum absolute atomic E-state index is 11.7. The first-order chi connectivity index (χ1) is 6.99. The Hall–Kier alpha value is -1.49. The predicted molar refractivity (Wildman–Crippen MR) is 53.7 cm³/mol. The SMILES string of the molecule is CC(C)C(=O)[C@H](CN)N1C(=O)C=CC1=O. The van der Waals surface area contributed by atoms with E-state index in [1.807, 2.05) is 0 Å². The Morgan fingerprint density at radius 1 is 1.33 bits per heavy atom. The molecule has 0 saturated heterocycles. The number of nitrogens with zero attached hydrogens (tertiary/aromatic N) is 1. The highest BCUT2D eigenvalue weighted by Crippen LogP contribution is 2.12. The standard InChI is InChI=1S/C10H14N2O3/c1-6(2)10(15)7(5-11)12-8(13)3-4-9(12)14/h3-4,6-7H,5,11H2,1-2H3/t7-/m0/s1. The fourth-order valence-corrected chi connectivity index (χ4v) is 1.45. The third kappa shape index (κ3) is 2.12. The van der Waals surface area contributed by atoms with Crippen molar-refractivity contribution >= 4 is 17.6 Å². The second-order valence-electron chi connectivity index (χ2n) is 3.69. The van der Waals surface area contributed by atoms with Crippen molar-refractivity contribution in [2.45, 2.75) is 19.9 Å². The number of hydrogen-bond donors (Lipinski definition) is 1. The molecule has 5 nitrogen and oxygen atoms in total. The van der Waals surface area contributed by atoms with Crippen molar-refractivity contribution in [1.29, 1.82) is 0 Å². The lowest BCUT2D eigenvalue weighted by molar-refractivity contribution is -0.145. The Labute approximate surface area is 87.9 Å². The molecule has 5 heteroatoms. The molecule has 15 heavy (non-hydrogen) atoms. The molecule has 1 aliphatic rings. The van der Waals surface area contributed by atoms with Gasteiger partial charge in [0.05, 0.1) is 0 Å². The zero-order valence-electron chi connectivity index (χ0n) is 8.77. The first kappa shape index (κ1) is 11.6. The van der Waals surface area contributed by atoms with Gasteiger partial charge in [0.1, 0.15) is 6.04 Å². The number of hydrogen-bond acceptors (Lipinski definition) is 4. The second-order valence-corrected chi connectivity index (χ2v) is 3.69. The van der Waals surface area contributed by atoms with Crippen molar-refractivity contribution in [1.82, 2.24) is 4.90 Å². The van der Waals surface area contributed by atoms with Crippen LogP contribution < -0.4 is 5.73 Å². The Morgan fingerprint density at radius 3 is 2.13 bits per heavy atom. The van der Waals surface area contributed by atoms with Gasteiger partial charge in [0.15, 0.2) is 5.78 Å². The fourth-order valence-electron chi connectivity index (χ4n) is 1.45. The number of nitrogens with two attached hydrogens (primary N) is 1. The van der Waals surface area contributed by atoms with Crippen LogP contribution in [0.3, 0.4) is 0 Å². The molecule has 0 aromatic rings. The van der Waals surface area contributed by atoms with Crippen LogP contribution in [0.1, 0.15) is 13.8 Å². The smallest absolute Gasteiger partial charge is 0.254 e. The molecular weight excluding hydrogens is 196 g/mol. The first-order valence-electron chi connectivity index (χ1n) is 4.78. The summed E-state index contributed by atoms with van der Waals surface area (Å²) in [5.74, 6) is -1.38. The summed E-state index contributed by atoms with van der Waals surface area (Å²) in [6.45, 7) is 3.39. The fraction of sp³-hybridized carbons (Fsp3) is 0.500. The van der Waals surface area contributed by atoms with E-state index < -0.39 is 17.9 Å². The molecule has 0 saturated carbocycles. The van der Waals surface area contributed by atoms with Gasteiger partial charge in [0.2, 0.25) is 0 Å². The molecule has 2 N–H and O–H groups in total. The molecule has 0 aliphatic carbocycles. The molecule has 1 rings (SSSR count). The number of carbonyl (C=O) groups is 3. The van der Waals surface area contributed by atoms with Gasteiger partial charge in [-0.3, -0.25) is 19.3 Å². The predicted octanol–water partition coefficient (Wildman–Crippen LogP) is -0.536. The van der Waals surface area contributed by atoms with E-state index in [9.17, 15) is 14.4 Å². The van der Waals surface area contributed by atoms with Crippen molar-refractivity contribution in [3.05, 3.63) is 12.2 Å². The molecule has 0 fully saturated rings. The van der Waals surface area contributed by atoms with Crippen LogP contribution in [0.2, 0.25) is 0 Å². The van der Waals surface area contributed by atoms with E-state index in [1.165, 1.54) is 0 Å². The quantitative estimate of drug-likeness (QED) is 0.632. The van der Waals surface area contributed by atoms with E-state index in [4.69, 9.17) is 5.73 Å². The van der Waals surface area contributed by atoms with E-state index in [0.717, 1.165) is 17.1 Å². The highest BCUT2D eigenvalue weighted by atomic mass is 16.2. The molecule has 2 amide bonds. The van der Waals surface area contributed by atoms with Crippen molar-refractivity contribution in [3.8, 4) is 0 Å². The molecule has 0 unspecified atom stereocenters. The summed E-state index contributed by atoms with van der Waals surface area (Å²) in [5, 5.41) is 0. The zero-order valence-corrected chi connectivity index (χ0v) is 8.77. The lowest BCUT2D eigenvalue weighted by Crippen LogP contribution is -2.50. The largest absolute Gasteiger partial charge is 0.328 e. The molecule has 1 aliphatic heterocycles. The van der Waals surface area contributed by atoms with Crippen molar-refractivity contribution in [2.24, 2.45) is 11.7 Å². The number of ketones is 1. The number of carbonyl (C=O) groups excluding carboxylic acids is 3. The molecule has 0 spiro atoms. The van der Waals surface area contributed by atoms with Gasteiger partial charge in [0, 0.05) is 24.6 Å². The van der Waals surface area contributed by atoms with Gasteiger partial charge in [-0.1, -0.05) is 13.8 Å². The monoisotopic (exact) mass is 210 g/mol. The minimum Gasteiger partial charge on any atom is -0.328 e. The highest BCUT2D eigenvalue weighted by molar-refractivity contribution is 6.15. The zero-order chi connectivity index (χ0) is 11.6. The summed E-state index contributed by atoms with van der Waals surface area (Å²) in [6.07, 6.45) is 2.30. The third-order valence-corrected chi connectivity index (χ3v) is 2.28. The van der Waals surface area contributed by atoms with Crippen LogP contribution in [-0.4, -0.2) is 35.1 Å². The third-order valence-electron chi connectivity index (χ3n) is 2.28. The molecule has 0 aromatic carbocycles. The van der Waals surface area contributed by atoms with Crippen LogP contribution in [-0.2, 0) is 14.4 Å². The Morgan fingerprint density at radius 2 is 1.80 bits per heavy atom. The van der Waals surface area contributed by atoms with Crippen LogP contribution in [0.25, 0.3) is 0 Å². The van der Waals surface area contributed by atoms with Gasteiger partial charge < -0.3 is 5.73 Å². The topological polar surface area (TPSA) is 80.5 Å². The summed E-state index contributed by atoms with van der Waals surface area (Å²) in [6, 6.07) is -0.833. The maximum atomic E-state index is 11.7. The lowest BCUT2D eigenvalue weighted by atomic mass is 10.0. The number of rotatable bonds is 4. The van der Waals surface area contributed by atoms with Crippen molar-refractivity contribution in [2.75, 3.05) is 6.54 Å². The number of Topliss-reactive ketones (excluding diaryl/α,β-unsaturated/α-hetero) is 1. The van der Waals surface area contributed by atoms with E-state index in [0.29, 0.717) is 0 Å². The number of amides is 2. The summed E-state index contributed by atoms with van der Waals surface area (Å²) in [7, 11) is 0. The van der Waals surface area contributed by atoms with Crippen LogP contribution in [0.4, 0.5) is 0 Å². The molecule has 1 heterocycles. The first-order valence-corrected chi connectivity index (χ1v) is 4.78. The van der Waals surface area contributed by atoms with Gasteiger partial charge in [-0.2, -0.15) is 0 Å². The summed E-state index contributed by atoms with van der Waals surface area (Å²) < 4.78 is 0. The summed E-state index contributed by atoms with van der Waals surface area (Å²) in [5.41, 5.74) is 5.42. The van der Waals surface area contributed by atoms with E-state index in [1.54, 1.807) is 13.8 Å². The van der Waals surface area contributed by atoms with Gasteiger partial charge >= 0.3 is 0 Å². The van der Waals surface area contributed by atoms with Crippen LogP contribution >= 0.6 is 0 Å². The normalized spacial score (nSPS) is 17.7. The summed E-state index contributed by atoms with van der Waals surface area (Å²) in [4.78, 5) is 35.3. The average molecular weight is 210 g/mol.